The number of ether oxygens (including phenoxy) is 1. The Kier molecular flexibility index (Phi) is 7.21. The SMILES string of the molecule is C=CC(=O)OCC[Si](OCC)(OCC)c1ccccc1. The van der Waals surface area contributed by atoms with E-state index in [0.29, 0.717) is 19.3 Å². The smallest absolute Gasteiger partial charge is 0.375 e. The molecule has 0 unspecified atom stereocenters. The fraction of sp³-hybridized carbons (Fsp3) is 0.400. The molecule has 20 heavy (non-hydrogen) atoms. The van der Waals surface area contributed by atoms with E-state index in [1.807, 2.05) is 44.2 Å². The van der Waals surface area contributed by atoms with Gasteiger partial charge in [-0.1, -0.05) is 36.9 Å². The summed E-state index contributed by atoms with van der Waals surface area (Å²) in [5.41, 5.74) is 0. The summed E-state index contributed by atoms with van der Waals surface area (Å²) >= 11 is 0. The Hall–Kier alpha value is -1.43. The van der Waals surface area contributed by atoms with Gasteiger partial charge in [-0.05, 0) is 19.0 Å². The van der Waals surface area contributed by atoms with Gasteiger partial charge in [0.25, 0.3) is 0 Å². The van der Waals surface area contributed by atoms with Crippen molar-refractivity contribution in [2.75, 3.05) is 19.8 Å². The van der Waals surface area contributed by atoms with E-state index in [4.69, 9.17) is 13.6 Å². The van der Waals surface area contributed by atoms with Gasteiger partial charge in [-0.25, -0.2) is 4.79 Å². The van der Waals surface area contributed by atoms with Crippen LogP contribution in [-0.2, 0) is 18.4 Å². The van der Waals surface area contributed by atoms with Crippen molar-refractivity contribution in [1.82, 2.24) is 0 Å². The van der Waals surface area contributed by atoms with Crippen molar-refractivity contribution in [3.8, 4) is 0 Å². The van der Waals surface area contributed by atoms with Crippen molar-refractivity contribution >= 4 is 19.7 Å². The largest absolute Gasteiger partial charge is 0.463 e. The number of carbonyl (C=O) groups excluding carboxylic acids is 1. The molecule has 0 fully saturated rings. The van der Waals surface area contributed by atoms with Gasteiger partial charge in [-0.2, -0.15) is 0 Å². The third-order valence-corrected chi connectivity index (χ3v) is 6.40. The average Bonchev–Trinajstić information content (AvgIpc) is 2.48. The molecule has 0 spiro atoms. The summed E-state index contributed by atoms with van der Waals surface area (Å²) in [4.78, 5) is 11.1. The van der Waals surface area contributed by atoms with Crippen LogP contribution in [-0.4, -0.2) is 34.4 Å². The lowest BCUT2D eigenvalue weighted by atomic mass is 10.4. The summed E-state index contributed by atoms with van der Waals surface area (Å²) in [6.45, 7) is 8.67. The Morgan fingerprint density at radius 2 is 1.80 bits per heavy atom. The zero-order chi connectivity index (χ0) is 14.8. The highest BCUT2D eigenvalue weighted by molar-refractivity contribution is 6.81. The van der Waals surface area contributed by atoms with Gasteiger partial charge in [0.1, 0.15) is 0 Å². The quantitative estimate of drug-likeness (QED) is 0.398. The highest BCUT2D eigenvalue weighted by Gasteiger charge is 2.39. The predicted molar refractivity (Wildman–Crippen MR) is 81.0 cm³/mol. The van der Waals surface area contributed by atoms with Crippen LogP contribution < -0.4 is 5.19 Å². The molecule has 0 N–H and O–H groups in total. The Balaban J connectivity index is 2.87. The van der Waals surface area contributed by atoms with Crippen molar-refractivity contribution in [2.45, 2.75) is 19.9 Å². The standard InChI is InChI=1S/C15H22O4Si/c1-4-15(16)17-12-13-20(18-5-2,19-6-3)14-10-8-7-9-11-14/h4,7-11H,1,5-6,12-13H2,2-3H3. The monoisotopic (exact) mass is 294 g/mol. The molecule has 1 aromatic carbocycles. The molecule has 5 heteroatoms. The van der Waals surface area contributed by atoms with Crippen LogP contribution in [0.1, 0.15) is 13.8 Å². The lowest BCUT2D eigenvalue weighted by Crippen LogP contribution is -2.54. The minimum Gasteiger partial charge on any atom is -0.463 e. The van der Waals surface area contributed by atoms with Crippen LogP contribution in [0.3, 0.4) is 0 Å². The van der Waals surface area contributed by atoms with Gasteiger partial charge in [0, 0.05) is 25.3 Å². The number of hydrogen-bond acceptors (Lipinski definition) is 4. The van der Waals surface area contributed by atoms with Crippen LogP contribution in [0, 0.1) is 0 Å². The van der Waals surface area contributed by atoms with E-state index in [2.05, 4.69) is 6.58 Å². The highest BCUT2D eigenvalue weighted by Crippen LogP contribution is 2.15. The van der Waals surface area contributed by atoms with Gasteiger partial charge in [0.05, 0.1) is 6.61 Å². The second-order valence-corrected chi connectivity index (χ2v) is 7.27. The molecule has 110 valence electrons. The first-order valence-electron chi connectivity index (χ1n) is 6.81. The number of carbonyl (C=O) groups is 1. The Bertz CT molecular complexity index is 413. The molecule has 1 rings (SSSR count). The molecule has 1 aromatic rings. The molecule has 0 saturated carbocycles. The first kappa shape index (κ1) is 16.6. The summed E-state index contributed by atoms with van der Waals surface area (Å²) in [7, 11) is -2.56. The van der Waals surface area contributed by atoms with Crippen LogP contribution in [0.4, 0.5) is 0 Å². The third kappa shape index (κ3) is 4.59. The van der Waals surface area contributed by atoms with Gasteiger partial charge in [0.15, 0.2) is 0 Å². The molecule has 0 bridgehead atoms. The zero-order valence-corrected chi connectivity index (χ0v) is 13.1. The van der Waals surface area contributed by atoms with Gasteiger partial charge >= 0.3 is 14.5 Å². The molecule has 0 heterocycles. The Morgan fingerprint density at radius 1 is 1.20 bits per heavy atom. The Morgan fingerprint density at radius 3 is 2.30 bits per heavy atom. The molecule has 0 aliphatic carbocycles. The number of esters is 1. The molecule has 0 aromatic heterocycles. The van der Waals surface area contributed by atoms with Crippen LogP contribution in [0.5, 0.6) is 0 Å². The molecule has 4 nitrogen and oxygen atoms in total. The normalized spacial score (nSPS) is 11.1. The van der Waals surface area contributed by atoms with Gasteiger partial charge in [-0.3, -0.25) is 0 Å². The van der Waals surface area contributed by atoms with E-state index in [-0.39, 0.29) is 6.61 Å². The van der Waals surface area contributed by atoms with E-state index < -0.39 is 14.5 Å². The van der Waals surface area contributed by atoms with Crippen molar-refractivity contribution in [2.24, 2.45) is 0 Å². The van der Waals surface area contributed by atoms with Crippen LogP contribution in [0.25, 0.3) is 0 Å². The summed E-state index contributed by atoms with van der Waals surface area (Å²) in [6.07, 6.45) is 1.16. The maximum absolute atomic E-state index is 11.1. The van der Waals surface area contributed by atoms with Gasteiger partial charge in [-0.15, -0.1) is 0 Å². The highest BCUT2D eigenvalue weighted by atomic mass is 28.4. The van der Waals surface area contributed by atoms with Crippen LogP contribution in [0.2, 0.25) is 6.04 Å². The molecule has 0 saturated heterocycles. The minimum atomic E-state index is -2.56. The van der Waals surface area contributed by atoms with Gasteiger partial charge < -0.3 is 13.6 Å². The van der Waals surface area contributed by atoms with Crippen LogP contribution in [0.15, 0.2) is 43.0 Å². The summed E-state index contributed by atoms with van der Waals surface area (Å²) < 4.78 is 17.0. The van der Waals surface area contributed by atoms with Crippen molar-refractivity contribution < 1.29 is 18.4 Å². The fourth-order valence-electron chi connectivity index (χ4n) is 2.00. The number of hydrogen-bond donors (Lipinski definition) is 0. The first-order valence-corrected chi connectivity index (χ1v) is 8.83. The van der Waals surface area contributed by atoms with Crippen molar-refractivity contribution in [3.05, 3.63) is 43.0 Å². The molecular formula is C15H22O4Si. The maximum Gasteiger partial charge on any atom is 0.375 e. The van der Waals surface area contributed by atoms with E-state index in [1.54, 1.807) is 0 Å². The number of benzene rings is 1. The fourth-order valence-corrected chi connectivity index (χ4v) is 5.00. The molecule has 0 aliphatic heterocycles. The Labute approximate surface area is 121 Å². The van der Waals surface area contributed by atoms with Crippen molar-refractivity contribution in [3.63, 3.8) is 0 Å². The molecular weight excluding hydrogens is 272 g/mol. The summed E-state index contributed by atoms with van der Waals surface area (Å²) in [5, 5.41) is 1.05. The molecule has 0 aliphatic rings. The maximum atomic E-state index is 11.1. The minimum absolute atomic E-state index is 0.270. The summed E-state index contributed by atoms with van der Waals surface area (Å²) in [5.74, 6) is -0.422. The molecule has 0 atom stereocenters. The second kappa shape index (κ2) is 8.68. The molecule has 0 amide bonds. The third-order valence-electron chi connectivity index (χ3n) is 2.81. The predicted octanol–water partition coefficient (Wildman–Crippen LogP) is 2.14. The topological polar surface area (TPSA) is 44.8 Å². The first-order chi connectivity index (χ1) is 9.68. The number of rotatable bonds is 9. The lowest BCUT2D eigenvalue weighted by Gasteiger charge is -2.30. The van der Waals surface area contributed by atoms with E-state index >= 15 is 0 Å². The van der Waals surface area contributed by atoms with Crippen molar-refractivity contribution in [1.29, 1.82) is 0 Å². The summed E-state index contributed by atoms with van der Waals surface area (Å²) in [6, 6.07) is 10.5. The van der Waals surface area contributed by atoms with E-state index in [1.165, 1.54) is 0 Å². The zero-order valence-electron chi connectivity index (χ0n) is 12.1. The van der Waals surface area contributed by atoms with Gasteiger partial charge in [0.2, 0.25) is 0 Å². The lowest BCUT2D eigenvalue weighted by molar-refractivity contribution is -0.137. The second-order valence-electron chi connectivity index (χ2n) is 4.11. The van der Waals surface area contributed by atoms with Crippen LogP contribution >= 0.6 is 0 Å². The van der Waals surface area contributed by atoms with E-state index in [9.17, 15) is 4.79 Å². The average molecular weight is 294 g/mol. The molecule has 0 radical (unpaired) electrons. The van der Waals surface area contributed by atoms with E-state index in [0.717, 1.165) is 11.3 Å².